The monoisotopic (exact) mass is 413 g/mol. The van der Waals surface area contributed by atoms with Gasteiger partial charge in [-0.25, -0.2) is 9.36 Å². The molecule has 0 spiro atoms. The Morgan fingerprint density at radius 3 is 2.90 bits per heavy atom. The number of pyridine rings is 2. The molecule has 0 unspecified atom stereocenters. The minimum absolute atomic E-state index is 0.176. The molecule has 0 bridgehead atoms. The van der Waals surface area contributed by atoms with Gasteiger partial charge < -0.3 is 20.1 Å². The number of carbonyl (C=O) groups excluding carboxylic acids is 1. The summed E-state index contributed by atoms with van der Waals surface area (Å²) in [5, 5.41) is 0.339. The number of methoxy groups -OCH3 is 1. The van der Waals surface area contributed by atoms with Crippen LogP contribution < -0.4 is 20.8 Å². The molecule has 30 heavy (non-hydrogen) atoms. The molecule has 9 heteroatoms. The quantitative estimate of drug-likeness (QED) is 0.320. The number of esters is 1. The van der Waals surface area contributed by atoms with Crippen LogP contribution in [0.15, 0.2) is 29.2 Å². The lowest BCUT2D eigenvalue weighted by Gasteiger charge is -2.23. The first-order valence-electron chi connectivity index (χ1n) is 10.1. The lowest BCUT2D eigenvalue weighted by atomic mass is 10.2. The summed E-state index contributed by atoms with van der Waals surface area (Å²) in [6.07, 6.45) is 2.51. The number of morpholine rings is 1. The molecule has 4 heterocycles. The van der Waals surface area contributed by atoms with E-state index in [0.29, 0.717) is 23.2 Å². The molecular formula is C21H27N5O4+2. The number of hydrogen-bond acceptors (Lipinski definition) is 6. The Hall–Kier alpha value is -3.04. The van der Waals surface area contributed by atoms with Crippen molar-refractivity contribution in [1.29, 1.82) is 0 Å². The highest BCUT2D eigenvalue weighted by molar-refractivity contribution is 5.96. The van der Waals surface area contributed by atoms with Gasteiger partial charge >= 0.3 is 5.97 Å². The van der Waals surface area contributed by atoms with Crippen molar-refractivity contribution in [1.82, 2.24) is 9.38 Å². The van der Waals surface area contributed by atoms with Crippen molar-refractivity contribution in [2.75, 3.05) is 45.7 Å². The van der Waals surface area contributed by atoms with Gasteiger partial charge in [0.2, 0.25) is 11.5 Å². The molecule has 158 valence electrons. The van der Waals surface area contributed by atoms with Crippen molar-refractivity contribution in [2.45, 2.75) is 19.9 Å². The molecule has 4 rings (SSSR count). The van der Waals surface area contributed by atoms with E-state index in [-0.39, 0.29) is 16.9 Å². The number of fused-ring (bicyclic) bond motifs is 2. The molecule has 1 aliphatic rings. The predicted octanol–water partition coefficient (Wildman–Crippen LogP) is -0.882. The normalized spacial score (nSPS) is 15.0. The number of carbonyl (C=O) groups is 1. The van der Waals surface area contributed by atoms with Crippen molar-refractivity contribution in [3.8, 4) is 0 Å². The first kappa shape index (κ1) is 20.2. The second-order valence-electron chi connectivity index (χ2n) is 7.59. The highest BCUT2D eigenvalue weighted by Crippen LogP contribution is 2.16. The van der Waals surface area contributed by atoms with Gasteiger partial charge in [-0.1, -0.05) is 11.1 Å². The topological polar surface area (TPSA) is 104 Å². The highest BCUT2D eigenvalue weighted by atomic mass is 16.5. The van der Waals surface area contributed by atoms with E-state index in [0.717, 1.165) is 44.8 Å². The average molecular weight is 413 g/mol. The van der Waals surface area contributed by atoms with E-state index in [2.05, 4.69) is 0 Å². The summed E-state index contributed by atoms with van der Waals surface area (Å²) in [6, 6.07) is 5.20. The number of nitrogen functional groups attached to an aromatic ring is 1. The fourth-order valence-electron chi connectivity index (χ4n) is 4.01. The van der Waals surface area contributed by atoms with Crippen molar-refractivity contribution >= 4 is 28.5 Å². The molecule has 1 saturated heterocycles. The zero-order chi connectivity index (χ0) is 21.3. The smallest absolute Gasteiger partial charge is 0.344 e. The number of ether oxygens (including phenoxy) is 2. The summed E-state index contributed by atoms with van der Waals surface area (Å²) in [6.45, 7) is 6.91. The van der Waals surface area contributed by atoms with Crippen LogP contribution in [-0.2, 0) is 16.0 Å². The van der Waals surface area contributed by atoms with E-state index >= 15 is 0 Å². The number of nitrogens with two attached hydrogens (primary N) is 1. The standard InChI is InChI=1S/C21H25N5O4/c1-14-5-3-7-26-18(14)23-19-16(20(26)27)13-15(21(28)29-2)17(22)25(19)8-4-6-24-9-11-30-12-10-24/h3,5,7,13,22H,4,6,8-12H2,1-2H3/p+2. The minimum Gasteiger partial charge on any atom is -0.465 e. The maximum Gasteiger partial charge on any atom is 0.344 e. The predicted molar refractivity (Wildman–Crippen MR) is 111 cm³/mol. The Balaban J connectivity index is 1.83. The van der Waals surface area contributed by atoms with Crippen LogP contribution >= 0.6 is 0 Å². The zero-order valence-electron chi connectivity index (χ0n) is 17.3. The Morgan fingerprint density at radius 2 is 2.17 bits per heavy atom. The van der Waals surface area contributed by atoms with E-state index in [1.165, 1.54) is 22.5 Å². The van der Waals surface area contributed by atoms with E-state index < -0.39 is 5.97 Å². The highest BCUT2D eigenvalue weighted by Gasteiger charge is 2.25. The number of aryl methyl sites for hydroxylation is 2. The maximum atomic E-state index is 13.2. The second-order valence-corrected chi connectivity index (χ2v) is 7.59. The van der Waals surface area contributed by atoms with Crippen LogP contribution in [0.2, 0.25) is 0 Å². The van der Waals surface area contributed by atoms with Gasteiger partial charge in [-0.05, 0) is 19.1 Å². The van der Waals surface area contributed by atoms with Crippen LogP contribution in [-0.4, -0.2) is 55.3 Å². The second kappa shape index (κ2) is 8.37. The number of nitrogens with one attached hydrogen (secondary N) is 1. The largest absolute Gasteiger partial charge is 0.465 e. The van der Waals surface area contributed by atoms with E-state index in [1.54, 1.807) is 16.8 Å². The molecule has 1 aliphatic heterocycles. The fourth-order valence-corrected chi connectivity index (χ4v) is 4.01. The Kier molecular flexibility index (Phi) is 5.65. The van der Waals surface area contributed by atoms with E-state index in [4.69, 9.17) is 20.2 Å². The SMILES string of the molecule is COC(=O)c1cc2c(=O)n3cccc(C)c3nc2[n+](CCC[NH+]2CCOCC2)c1N. The summed E-state index contributed by atoms with van der Waals surface area (Å²) in [4.78, 5) is 31.7. The minimum atomic E-state index is -0.573. The molecule has 0 amide bonds. The van der Waals surface area contributed by atoms with E-state index in [9.17, 15) is 9.59 Å². The van der Waals surface area contributed by atoms with Crippen molar-refractivity contribution in [3.63, 3.8) is 0 Å². The molecule has 0 radical (unpaired) electrons. The van der Waals surface area contributed by atoms with Crippen LogP contribution in [0, 0.1) is 6.92 Å². The van der Waals surface area contributed by atoms with Crippen molar-refractivity contribution in [2.24, 2.45) is 0 Å². The van der Waals surface area contributed by atoms with Gasteiger partial charge in [-0.2, -0.15) is 0 Å². The molecule has 0 atom stereocenters. The summed E-state index contributed by atoms with van der Waals surface area (Å²) >= 11 is 0. The molecule has 3 aromatic heterocycles. The van der Waals surface area contributed by atoms with Crippen LogP contribution in [0.3, 0.4) is 0 Å². The molecular weight excluding hydrogens is 386 g/mol. The summed E-state index contributed by atoms with van der Waals surface area (Å²) in [5.41, 5.74) is 8.25. The van der Waals surface area contributed by atoms with Crippen molar-refractivity contribution in [3.05, 3.63) is 45.9 Å². The molecule has 1 fully saturated rings. The number of nitrogens with zero attached hydrogens (tertiary/aromatic N) is 3. The zero-order valence-corrected chi connectivity index (χ0v) is 17.3. The van der Waals surface area contributed by atoms with Gasteiger partial charge in [0, 0.05) is 18.2 Å². The third-order valence-corrected chi connectivity index (χ3v) is 5.69. The van der Waals surface area contributed by atoms with Gasteiger partial charge in [0.25, 0.3) is 11.2 Å². The number of hydrogen-bond donors (Lipinski definition) is 2. The molecule has 3 N–H and O–H groups in total. The van der Waals surface area contributed by atoms with Gasteiger partial charge in [0.05, 0.1) is 33.4 Å². The molecule has 0 saturated carbocycles. The Labute approximate surface area is 173 Å². The summed E-state index contributed by atoms with van der Waals surface area (Å²) in [5.74, 6) is -0.313. The first-order valence-corrected chi connectivity index (χ1v) is 10.1. The maximum absolute atomic E-state index is 13.2. The fraction of sp³-hybridized carbons (Fsp3) is 0.429. The van der Waals surface area contributed by atoms with E-state index in [1.807, 2.05) is 13.0 Å². The van der Waals surface area contributed by atoms with Gasteiger partial charge in [-0.15, -0.1) is 0 Å². The van der Waals surface area contributed by atoms with Gasteiger partial charge in [0.15, 0.2) is 0 Å². The Morgan fingerprint density at radius 1 is 1.40 bits per heavy atom. The van der Waals surface area contributed by atoms with Crippen LogP contribution in [0.1, 0.15) is 22.3 Å². The molecule has 0 aromatic carbocycles. The van der Waals surface area contributed by atoms with Crippen LogP contribution in [0.25, 0.3) is 16.7 Å². The number of aromatic nitrogens is 3. The third-order valence-electron chi connectivity index (χ3n) is 5.69. The molecule has 0 aliphatic carbocycles. The first-order chi connectivity index (χ1) is 14.5. The van der Waals surface area contributed by atoms with Crippen LogP contribution in [0.4, 0.5) is 5.82 Å². The van der Waals surface area contributed by atoms with Crippen LogP contribution in [0.5, 0.6) is 0 Å². The number of anilines is 1. The lowest BCUT2D eigenvalue weighted by Crippen LogP contribution is -3.14. The van der Waals surface area contributed by atoms with Crippen molar-refractivity contribution < 1.29 is 23.7 Å². The third kappa shape index (κ3) is 3.61. The summed E-state index contributed by atoms with van der Waals surface area (Å²) in [7, 11) is 1.30. The number of quaternary nitrogens is 1. The number of rotatable bonds is 5. The van der Waals surface area contributed by atoms with Gasteiger partial charge in [-0.3, -0.25) is 9.20 Å². The van der Waals surface area contributed by atoms with Gasteiger partial charge in [0.1, 0.15) is 24.0 Å². The molecule has 9 nitrogen and oxygen atoms in total. The molecule has 3 aromatic rings. The summed E-state index contributed by atoms with van der Waals surface area (Å²) < 4.78 is 13.6. The lowest BCUT2D eigenvalue weighted by molar-refractivity contribution is -0.910. The average Bonchev–Trinajstić information content (AvgIpc) is 2.76. The Bertz CT molecular complexity index is 1170.